The maximum absolute atomic E-state index is 10.1. The molecule has 0 amide bonds. The molecule has 1 aromatic rings. The van der Waals surface area contributed by atoms with E-state index >= 15 is 0 Å². The molecule has 1 aliphatic rings. The lowest BCUT2D eigenvalue weighted by Gasteiger charge is -2.24. The van der Waals surface area contributed by atoms with Gasteiger partial charge >= 0.3 is 0 Å². The van der Waals surface area contributed by atoms with Gasteiger partial charge in [-0.1, -0.05) is 0 Å². The summed E-state index contributed by atoms with van der Waals surface area (Å²) in [4.78, 5) is 4.28. The van der Waals surface area contributed by atoms with E-state index in [0.717, 1.165) is 38.2 Å². The molecule has 0 aromatic carbocycles. The van der Waals surface area contributed by atoms with E-state index in [-0.39, 0.29) is 12.2 Å². The van der Waals surface area contributed by atoms with Gasteiger partial charge in [-0.15, -0.1) is 0 Å². The maximum Gasteiger partial charge on any atom is 0.111 e. The zero-order valence-corrected chi connectivity index (χ0v) is 10.5. The van der Waals surface area contributed by atoms with Crippen LogP contribution in [0.1, 0.15) is 38.4 Å². The summed E-state index contributed by atoms with van der Waals surface area (Å²) in [6.07, 6.45) is 8.47. The highest BCUT2D eigenvalue weighted by atomic mass is 16.5. The monoisotopic (exact) mass is 238 g/mol. The van der Waals surface area contributed by atoms with Crippen molar-refractivity contribution in [1.29, 1.82) is 0 Å². The molecule has 1 aromatic heterocycles. The van der Waals surface area contributed by atoms with Gasteiger partial charge in [0.25, 0.3) is 0 Å². The molecule has 1 N–H and O–H groups in total. The first-order valence-corrected chi connectivity index (χ1v) is 6.59. The predicted molar refractivity (Wildman–Crippen MR) is 65.8 cm³/mol. The molecule has 2 unspecified atom stereocenters. The van der Waals surface area contributed by atoms with Gasteiger partial charge in [0.15, 0.2) is 0 Å². The summed E-state index contributed by atoms with van der Waals surface area (Å²) in [5.41, 5.74) is 0. The van der Waals surface area contributed by atoms with E-state index in [4.69, 9.17) is 4.74 Å². The van der Waals surface area contributed by atoms with Gasteiger partial charge in [-0.2, -0.15) is 0 Å². The first kappa shape index (κ1) is 12.6. The Bertz CT molecular complexity index is 332. The predicted octanol–water partition coefficient (Wildman–Crippen LogP) is 1.77. The van der Waals surface area contributed by atoms with Crippen LogP contribution < -0.4 is 0 Å². The first-order chi connectivity index (χ1) is 8.29. The molecule has 1 aliphatic heterocycles. The molecule has 0 aliphatic carbocycles. The minimum atomic E-state index is -0.342. The molecular weight excluding hydrogens is 216 g/mol. The van der Waals surface area contributed by atoms with Gasteiger partial charge < -0.3 is 14.4 Å². The maximum atomic E-state index is 10.1. The third kappa shape index (κ3) is 3.54. The Balaban J connectivity index is 1.82. The van der Waals surface area contributed by atoms with Crippen LogP contribution in [0.3, 0.4) is 0 Å². The zero-order chi connectivity index (χ0) is 12.1. The summed E-state index contributed by atoms with van der Waals surface area (Å²) in [5, 5.41) is 10.1. The number of aliphatic hydroxyl groups is 1. The number of rotatable bonds is 5. The first-order valence-electron chi connectivity index (χ1n) is 6.59. The minimum Gasteiger partial charge on any atom is -0.393 e. The average Bonchev–Trinajstić information content (AvgIpc) is 2.77. The number of aliphatic hydroxyl groups excluding tert-OH is 1. The molecule has 2 heterocycles. The van der Waals surface area contributed by atoms with Crippen LogP contribution in [0.15, 0.2) is 12.4 Å². The highest BCUT2D eigenvalue weighted by Crippen LogP contribution is 2.18. The van der Waals surface area contributed by atoms with E-state index in [9.17, 15) is 5.11 Å². The summed E-state index contributed by atoms with van der Waals surface area (Å²) in [6.45, 7) is 3.84. The molecule has 1 saturated heterocycles. The SMILES string of the molecule is CCn1ccnc1CC(O)CC1CCCCO1. The second-order valence-corrected chi connectivity index (χ2v) is 4.71. The quantitative estimate of drug-likeness (QED) is 0.850. The van der Waals surface area contributed by atoms with Gasteiger partial charge in [-0.3, -0.25) is 0 Å². The molecule has 17 heavy (non-hydrogen) atoms. The van der Waals surface area contributed by atoms with Crippen molar-refractivity contribution in [2.75, 3.05) is 6.61 Å². The van der Waals surface area contributed by atoms with E-state index in [1.54, 1.807) is 6.20 Å². The van der Waals surface area contributed by atoms with Gasteiger partial charge in [0.05, 0.1) is 12.2 Å². The number of hydrogen-bond acceptors (Lipinski definition) is 3. The third-order valence-electron chi connectivity index (χ3n) is 3.37. The second-order valence-electron chi connectivity index (χ2n) is 4.71. The van der Waals surface area contributed by atoms with Crippen molar-refractivity contribution in [2.24, 2.45) is 0 Å². The number of hydrogen-bond donors (Lipinski definition) is 1. The lowest BCUT2D eigenvalue weighted by molar-refractivity contribution is -0.0152. The highest BCUT2D eigenvalue weighted by Gasteiger charge is 2.19. The van der Waals surface area contributed by atoms with Crippen molar-refractivity contribution in [3.05, 3.63) is 18.2 Å². The van der Waals surface area contributed by atoms with E-state index in [2.05, 4.69) is 16.5 Å². The molecule has 0 radical (unpaired) electrons. The standard InChI is InChI=1S/C13H22N2O2/c1-2-15-7-6-14-13(15)10-11(16)9-12-5-3-4-8-17-12/h6-7,11-12,16H,2-5,8-10H2,1H3. The Hall–Kier alpha value is -0.870. The van der Waals surface area contributed by atoms with Crippen molar-refractivity contribution < 1.29 is 9.84 Å². The number of imidazole rings is 1. The van der Waals surface area contributed by atoms with Crippen molar-refractivity contribution in [2.45, 2.75) is 57.8 Å². The lowest BCUT2D eigenvalue weighted by Crippen LogP contribution is -2.26. The van der Waals surface area contributed by atoms with Crippen LogP contribution in [0.2, 0.25) is 0 Å². The molecule has 4 heteroatoms. The molecule has 0 saturated carbocycles. The minimum absolute atomic E-state index is 0.240. The largest absolute Gasteiger partial charge is 0.393 e. The van der Waals surface area contributed by atoms with Crippen LogP contribution in [0, 0.1) is 0 Å². The molecule has 1 fully saturated rings. The van der Waals surface area contributed by atoms with Crippen LogP contribution in [-0.2, 0) is 17.7 Å². The number of aryl methyl sites for hydroxylation is 1. The summed E-state index contributed by atoms with van der Waals surface area (Å²) in [5.74, 6) is 0.968. The van der Waals surface area contributed by atoms with Gasteiger partial charge in [-0.05, 0) is 32.6 Å². The van der Waals surface area contributed by atoms with Crippen molar-refractivity contribution >= 4 is 0 Å². The van der Waals surface area contributed by atoms with Gasteiger partial charge in [0, 0.05) is 32.0 Å². The van der Waals surface area contributed by atoms with Crippen LogP contribution >= 0.6 is 0 Å². The Kier molecular flexibility index (Phi) is 4.57. The van der Waals surface area contributed by atoms with Gasteiger partial charge in [-0.25, -0.2) is 4.98 Å². The topological polar surface area (TPSA) is 47.3 Å². The van der Waals surface area contributed by atoms with E-state index in [1.165, 1.54) is 6.42 Å². The van der Waals surface area contributed by atoms with E-state index < -0.39 is 0 Å². The fourth-order valence-corrected chi connectivity index (χ4v) is 2.41. The van der Waals surface area contributed by atoms with Crippen LogP contribution in [-0.4, -0.2) is 33.5 Å². The van der Waals surface area contributed by atoms with Crippen LogP contribution in [0.5, 0.6) is 0 Å². The zero-order valence-electron chi connectivity index (χ0n) is 10.5. The fourth-order valence-electron chi connectivity index (χ4n) is 2.41. The van der Waals surface area contributed by atoms with Crippen molar-refractivity contribution in [3.8, 4) is 0 Å². The summed E-state index contributed by atoms with van der Waals surface area (Å²) in [6, 6.07) is 0. The number of nitrogens with zero attached hydrogens (tertiary/aromatic N) is 2. The second kappa shape index (κ2) is 6.17. The van der Waals surface area contributed by atoms with Crippen LogP contribution in [0.25, 0.3) is 0 Å². The molecule has 4 nitrogen and oxygen atoms in total. The molecule has 0 spiro atoms. The number of ether oxygens (including phenoxy) is 1. The molecule has 0 bridgehead atoms. The van der Waals surface area contributed by atoms with E-state index in [1.807, 2.05) is 6.20 Å². The molecule has 2 rings (SSSR count). The highest BCUT2D eigenvalue weighted by molar-refractivity contribution is 4.94. The molecule has 96 valence electrons. The molecular formula is C13H22N2O2. The summed E-state index contributed by atoms with van der Waals surface area (Å²) in [7, 11) is 0. The van der Waals surface area contributed by atoms with Crippen molar-refractivity contribution in [3.63, 3.8) is 0 Å². The van der Waals surface area contributed by atoms with Gasteiger partial charge in [0.1, 0.15) is 5.82 Å². The third-order valence-corrected chi connectivity index (χ3v) is 3.37. The smallest absolute Gasteiger partial charge is 0.111 e. The summed E-state index contributed by atoms with van der Waals surface area (Å²) >= 11 is 0. The molecule has 2 atom stereocenters. The van der Waals surface area contributed by atoms with Gasteiger partial charge in [0.2, 0.25) is 0 Å². The Labute approximate surface area is 103 Å². The average molecular weight is 238 g/mol. The normalized spacial score (nSPS) is 22.6. The fraction of sp³-hybridized carbons (Fsp3) is 0.769. The van der Waals surface area contributed by atoms with E-state index in [0.29, 0.717) is 6.42 Å². The Morgan fingerprint density at radius 3 is 3.18 bits per heavy atom. The Morgan fingerprint density at radius 2 is 2.47 bits per heavy atom. The Morgan fingerprint density at radius 1 is 1.59 bits per heavy atom. The summed E-state index contributed by atoms with van der Waals surface area (Å²) < 4.78 is 7.71. The van der Waals surface area contributed by atoms with Crippen LogP contribution in [0.4, 0.5) is 0 Å². The van der Waals surface area contributed by atoms with Crippen molar-refractivity contribution in [1.82, 2.24) is 9.55 Å². The lowest BCUT2D eigenvalue weighted by atomic mass is 10.0. The number of aromatic nitrogens is 2.